The van der Waals surface area contributed by atoms with Gasteiger partial charge in [-0.3, -0.25) is 4.79 Å². The fraction of sp³-hybridized carbons (Fsp3) is 0.105. The third-order valence-electron chi connectivity index (χ3n) is 3.46. The molecule has 3 rings (SSSR count). The second kappa shape index (κ2) is 7.87. The second-order valence-corrected chi connectivity index (χ2v) is 5.25. The quantitative estimate of drug-likeness (QED) is 0.732. The van der Waals surface area contributed by atoms with Gasteiger partial charge in [-0.15, -0.1) is 0 Å². The molecule has 0 spiro atoms. The van der Waals surface area contributed by atoms with E-state index in [0.717, 1.165) is 12.1 Å². The van der Waals surface area contributed by atoms with Gasteiger partial charge in [0.1, 0.15) is 5.69 Å². The summed E-state index contributed by atoms with van der Waals surface area (Å²) in [5, 5.41) is 5.96. The van der Waals surface area contributed by atoms with Crippen LogP contribution >= 0.6 is 0 Å². The van der Waals surface area contributed by atoms with Crippen molar-refractivity contribution >= 4 is 17.5 Å². The van der Waals surface area contributed by atoms with Crippen molar-refractivity contribution in [1.29, 1.82) is 0 Å². The average Bonchev–Trinajstić information content (AvgIpc) is 2.64. The van der Waals surface area contributed by atoms with Crippen LogP contribution in [0.1, 0.15) is 16.1 Å². The molecule has 1 heterocycles. The first kappa shape index (κ1) is 15.7. The van der Waals surface area contributed by atoms with Gasteiger partial charge in [-0.2, -0.15) is 0 Å². The summed E-state index contributed by atoms with van der Waals surface area (Å²) in [6, 6.07) is 21.2. The fourth-order valence-corrected chi connectivity index (χ4v) is 2.25. The summed E-state index contributed by atoms with van der Waals surface area (Å²) in [6.45, 7) is 0.564. The summed E-state index contributed by atoms with van der Waals surface area (Å²) >= 11 is 0. The molecule has 0 saturated carbocycles. The van der Waals surface area contributed by atoms with Gasteiger partial charge in [0.05, 0.1) is 0 Å². The molecule has 2 N–H and O–H groups in total. The lowest BCUT2D eigenvalue weighted by molar-refractivity contribution is 0.0949. The molecule has 0 radical (unpaired) electrons. The number of benzene rings is 2. The number of nitrogens with zero attached hydrogens (tertiary/aromatic N) is 2. The molecule has 0 aliphatic heterocycles. The third-order valence-corrected chi connectivity index (χ3v) is 3.46. The van der Waals surface area contributed by atoms with Gasteiger partial charge in [0.15, 0.2) is 0 Å². The number of carbonyl (C=O) groups excluding carboxylic acids is 1. The van der Waals surface area contributed by atoms with Crippen molar-refractivity contribution in [3.8, 4) is 0 Å². The van der Waals surface area contributed by atoms with Crippen LogP contribution in [0.5, 0.6) is 0 Å². The number of amides is 1. The Balaban J connectivity index is 1.58. The number of nitrogens with one attached hydrogen (secondary N) is 2. The highest BCUT2D eigenvalue weighted by atomic mass is 16.1. The Hall–Kier alpha value is -3.21. The number of hydrogen-bond acceptors (Lipinski definition) is 4. The highest BCUT2D eigenvalue weighted by molar-refractivity contribution is 5.92. The number of aromatic nitrogens is 2. The molecule has 0 atom stereocenters. The van der Waals surface area contributed by atoms with Gasteiger partial charge in [0.2, 0.25) is 5.95 Å². The molecule has 2 aromatic carbocycles. The predicted molar refractivity (Wildman–Crippen MR) is 94.2 cm³/mol. The molecular formula is C19H18N4O. The van der Waals surface area contributed by atoms with E-state index < -0.39 is 0 Å². The summed E-state index contributed by atoms with van der Waals surface area (Å²) < 4.78 is 0. The van der Waals surface area contributed by atoms with E-state index in [1.54, 1.807) is 12.3 Å². The third kappa shape index (κ3) is 4.39. The molecule has 5 nitrogen and oxygen atoms in total. The number of carbonyl (C=O) groups is 1. The molecule has 0 saturated heterocycles. The minimum absolute atomic E-state index is 0.204. The molecule has 0 aliphatic carbocycles. The van der Waals surface area contributed by atoms with Crippen LogP contribution in [0.15, 0.2) is 72.9 Å². The van der Waals surface area contributed by atoms with Crippen molar-refractivity contribution in [2.24, 2.45) is 0 Å². The number of para-hydroxylation sites is 1. The monoisotopic (exact) mass is 318 g/mol. The zero-order valence-electron chi connectivity index (χ0n) is 13.1. The van der Waals surface area contributed by atoms with Crippen LogP contribution in [0.3, 0.4) is 0 Å². The van der Waals surface area contributed by atoms with Gasteiger partial charge in [0.25, 0.3) is 5.91 Å². The maximum atomic E-state index is 12.2. The Labute approximate surface area is 140 Å². The zero-order chi connectivity index (χ0) is 16.6. The van der Waals surface area contributed by atoms with E-state index in [-0.39, 0.29) is 5.91 Å². The Morgan fingerprint density at radius 1 is 0.917 bits per heavy atom. The van der Waals surface area contributed by atoms with E-state index in [9.17, 15) is 4.79 Å². The summed E-state index contributed by atoms with van der Waals surface area (Å²) in [7, 11) is 0. The van der Waals surface area contributed by atoms with Crippen molar-refractivity contribution in [3.63, 3.8) is 0 Å². The molecule has 1 amide bonds. The molecule has 1 aromatic heterocycles. The van der Waals surface area contributed by atoms with Crippen molar-refractivity contribution in [1.82, 2.24) is 15.3 Å². The first-order chi connectivity index (χ1) is 11.8. The SMILES string of the molecule is O=C(NCCc1ccccc1)c1ccnc(Nc2ccccc2)n1. The number of anilines is 2. The molecule has 0 bridgehead atoms. The zero-order valence-corrected chi connectivity index (χ0v) is 13.1. The van der Waals surface area contributed by atoms with E-state index in [1.165, 1.54) is 5.56 Å². The maximum absolute atomic E-state index is 12.2. The van der Waals surface area contributed by atoms with Gasteiger partial charge >= 0.3 is 0 Å². The average molecular weight is 318 g/mol. The lowest BCUT2D eigenvalue weighted by Crippen LogP contribution is -2.26. The van der Waals surface area contributed by atoms with Crippen LogP contribution in [0.2, 0.25) is 0 Å². The molecule has 0 aliphatic rings. The Bertz CT molecular complexity index is 791. The van der Waals surface area contributed by atoms with Gasteiger partial charge in [-0.25, -0.2) is 9.97 Å². The summed E-state index contributed by atoms with van der Waals surface area (Å²) in [5.74, 6) is 0.196. The van der Waals surface area contributed by atoms with Crippen LogP contribution in [-0.2, 0) is 6.42 Å². The topological polar surface area (TPSA) is 66.9 Å². The second-order valence-electron chi connectivity index (χ2n) is 5.25. The van der Waals surface area contributed by atoms with E-state index in [1.807, 2.05) is 60.7 Å². The molecular weight excluding hydrogens is 300 g/mol. The number of hydrogen-bond donors (Lipinski definition) is 2. The highest BCUT2D eigenvalue weighted by Crippen LogP contribution is 2.11. The van der Waals surface area contributed by atoms with Gasteiger partial charge < -0.3 is 10.6 Å². The Morgan fingerprint density at radius 3 is 2.38 bits per heavy atom. The fourth-order valence-electron chi connectivity index (χ4n) is 2.25. The molecule has 24 heavy (non-hydrogen) atoms. The molecule has 3 aromatic rings. The normalized spacial score (nSPS) is 10.2. The lowest BCUT2D eigenvalue weighted by atomic mass is 10.1. The van der Waals surface area contributed by atoms with Crippen molar-refractivity contribution in [2.75, 3.05) is 11.9 Å². The molecule has 0 fully saturated rings. The lowest BCUT2D eigenvalue weighted by Gasteiger charge is -2.07. The predicted octanol–water partition coefficient (Wildman–Crippen LogP) is 3.19. The van der Waals surface area contributed by atoms with E-state index in [2.05, 4.69) is 20.6 Å². The van der Waals surface area contributed by atoms with E-state index in [4.69, 9.17) is 0 Å². The Morgan fingerprint density at radius 2 is 1.62 bits per heavy atom. The summed E-state index contributed by atoms with van der Waals surface area (Å²) in [6.07, 6.45) is 2.36. The van der Waals surface area contributed by atoms with Crippen LogP contribution in [0.4, 0.5) is 11.6 Å². The van der Waals surface area contributed by atoms with E-state index >= 15 is 0 Å². The summed E-state index contributed by atoms with van der Waals surface area (Å²) in [4.78, 5) is 20.6. The van der Waals surface area contributed by atoms with Crippen LogP contribution in [-0.4, -0.2) is 22.4 Å². The Kier molecular flexibility index (Phi) is 5.14. The van der Waals surface area contributed by atoms with Crippen molar-refractivity contribution < 1.29 is 4.79 Å². The van der Waals surface area contributed by atoms with Gasteiger partial charge in [-0.1, -0.05) is 48.5 Å². The molecule has 5 heteroatoms. The minimum atomic E-state index is -0.204. The smallest absolute Gasteiger partial charge is 0.270 e. The maximum Gasteiger partial charge on any atom is 0.270 e. The van der Waals surface area contributed by atoms with Crippen LogP contribution in [0.25, 0.3) is 0 Å². The first-order valence-electron chi connectivity index (χ1n) is 7.78. The largest absolute Gasteiger partial charge is 0.350 e. The number of rotatable bonds is 6. The summed E-state index contributed by atoms with van der Waals surface area (Å²) in [5.41, 5.74) is 2.41. The van der Waals surface area contributed by atoms with Gasteiger partial charge in [-0.05, 0) is 30.2 Å². The van der Waals surface area contributed by atoms with Crippen molar-refractivity contribution in [3.05, 3.63) is 84.2 Å². The van der Waals surface area contributed by atoms with Gasteiger partial charge in [0, 0.05) is 18.4 Å². The van der Waals surface area contributed by atoms with Crippen LogP contribution < -0.4 is 10.6 Å². The molecule has 0 unspecified atom stereocenters. The minimum Gasteiger partial charge on any atom is -0.350 e. The first-order valence-corrected chi connectivity index (χ1v) is 7.78. The van der Waals surface area contributed by atoms with E-state index in [0.29, 0.717) is 18.2 Å². The molecule has 120 valence electrons. The van der Waals surface area contributed by atoms with Crippen LogP contribution in [0, 0.1) is 0 Å². The standard InChI is InChI=1S/C19H18N4O/c24-18(20-13-11-15-7-3-1-4-8-15)17-12-14-21-19(23-17)22-16-9-5-2-6-10-16/h1-10,12,14H,11,13H2,(H,20,24)(H,21,22,23). The highest BCUT2D eigenvalue weighted by Gasteiger charge is 2.08. The van der Waals surface area contributed by atoms with Crippen molar-refractivity contribution in [2.45, 2.75) is 6.42 Å².